The van der Waals surface area contributed by atoms with Gasteiger partial charge >= 0.3 is 0 Å². The highest BCUT2D eigenvalue weighted by Crippen LogP contribution is 2.06. The van der Waals surface area contributed by atoms with Gasteiger partial charge in [-0.3, -0.25) is 4.99 Å². The van der Waals surface area contributed by atoms with E-state index in [-0.39, 0.29) is 24.2 Å². The number of hydrogen-bond donors (Lipinski definition) is 2. The third kappa shape index (κ3) is 4.53. The van der Waals surface area contributed by atoms with Crippen LogP contribution in [0, 0.1) is 0 Å². The van der Waals surface area contributed by atoms with Crippen molar-refractivity contribution in [3.8, 4) is 0 Å². The maximum absolute atomic E-state index is 11.5. The molecule has 1 aliphatic heterocycles. The Morgan fingerprint density at radius 2 is 2.35 bits per heavy atom. The second kappa shape index (κ2) is 6.76. The molecule has 1 unspecified atom stereocenters. The molecule has 0 aromatic carbocycles. The lowest BCUT2D eigenvalue weighted by Crippen LogP contribution is -2.46. The molecule has 0 saturated carbocycles. The minimum Gasteiger partial charge on any atom is -0.467 e. The number of sulfone groups is 1. The highest BCUT2D eigenvalue weighted by Gasteiger charge is 2.25. The molecule has 1 fully saturated rings. The van der Waals surface area contributed by atoms with Crippen LogP contribution in [-0.2, 0) is 21.1 Å². The number of guanidine groups is 1. The van der Waals surface area contributed by atoms with Crippen molar-refractivity contribution >= 4 is 15.8 Å². The van der Waals surface area contributed by atoms with Gasteiger partial charge in [-0.1, -0.05) is 0 Å². The van der Waals surface area contributed by atoms with Gasteiger partial charge in [0.25, 0.3) is 0 Å². The highest BCUT2D eigenvalue weighted by atomic mass is 32.2. The van der Waals surface area contributed by atoms with Crippen LogP contribution in [0.2, 0.25) is 0 Å². The van der Waals surface area contributed by atoms with E-state index in [9.17, 15) is 8.42 Å². The minimum atomic E-state index is -2.97. The van der Waals surface area contributed by atoms with Crippen molar-refractivity contribution in [2.75, 3.05) is 31.7 Å². The fourth-order valence-corrected chi connectivity index (χ4v) is 3.19. The van der Waals surface area contributed by atoms with Crippen LogP contribution in [0.5, 0.6) is 0 Å². The molecule has 20 heavy (non-hydrogen) atoms. The second-order valence-electron chi connectivity index (χ2n) is 4.49. The summed E-state index contributed by atoms with van der Waals surface area (Å²) in [4.78, 5) is 4.06. The molecule has 2 heterocycles. The van der Waals surface area contributed by atoms with Gasteiger partial charge in [-0.25, -0.2) is 8.42 Å². The summed E-state index contributed by atoms with van der Waals surface area (Å²) in [6.07, 6.45) is 1.27. The van der Waals surface area contributed by atoms with E-state index in [0.717, 1.165) is 5.76 Å². The average Bonchev–Trinajstić information content (AvgIpc) is 2.91. The van der Waals surface area contributed by atoms with Crippen molar-refractivity contribution in [2.24, 2.45) is 4.99 Å². The zero-order chi connectivity index (χ0) is 14.4. The summed E-state index contributed by atoms with van der Waals surface area (Å²) in [5.41, 5.74) is 0. The largest absolute Gasteiger partial charge is 0.467 e. The van der Waals surface area contributed by atoms with Crippen molar-refractivity contribution in [1.29, 1.82) is 0 Å². The first-order valence-corrected chi connectivity index (χ1v) is 8.20. The lowest BCUT2D eigenvalue weighted by Gasteiger charge is -2.23. The predicted octanol–water partition coefficient (Wildman–Crippen LogP) is -0.242. The van der Waals surface area contributed by atoms with Gasteiger partial charge in [-0.15, -0.1) is 0 Å². The lowest BCUT2D eigenvalue weighted by atomic mass is 10.4. The Labute approximate surface area is 118 Å². The molecular weight excluding hydrogens is 282 g/mol. The van der Waals surface area contributed by atoms with Crippen molar-refractivity contribution in [3.63, 3.8) is 0 Å². The molecule has 1 saturated heterocycles. The molecule has 1 aliphatic rings. The van der Waals surface area contributed by atoms with Gasteiger partial charge in [0.05, 0.1) is 37.0 Å². The molecule has 112 valence electrons. The first-order chi connectivity index (χ1) is 9.59. The fraction of sp³-hybridized carbons (Fsp3) is 0.583. The van der Waals surface area contributed by atoms with Gasteiger partial charge in [-0.05, 0) is 12.1 Å². The number of ether oxygens (including phenoxy) is 1. The smallest absolute Gasteiger partial charge is 0.191 e. The second-order valence-corrected chi connectivity index (χ2v) is 6.72. The van der Waals surface area contributed by atoms with E-state index < -0.39 is 9.84 Å². The van der Waals surface area contributed by atoms with Crippen molar-refractivity contribution < 1.29 is 17.6 Å². The standard InChI is InChI=1S/C12H19N3O4S/c1-13-12(14-7-10-3-2-4-18-10)15-8-11-9-20(16,17)6-5-19-11/h2-4,11H,5-9H2,1H3,(H2,13,14,15). The number of furan rings is 1. The molecule has 1 atom stereocenters. The molecule has 0 spiro atoms. The Kier molecular flexibility index (Phi) is 5.02. The maximum Gasteiger partial charge on any atom is 0.191 e. The fourth-order valence-electron chi connectivity index (χ4n) is 1.89. The summed E-state index contributed by atoms with van der Waals surface area (Å²) in [5.74, 6) is 1.53. The molecule has 0 aliphatic carbocycles. The monoisotopic (exact) mass is 301 g/mol. The van der Waals surface area contributed by atoms with Gasteiger partial charge in [-0.2, -0.15) is 0 Å². The molecule has 1 aromatic heterocycles. The molecule has 0 bridgehead atoms. The van der Waals surface area contributed by atoms with Crippen LogP contribution in [0.15, 0.2) is 27.8 Å². The summed E-state index contributed by atoms with van der Waals surface area (Å²) >= 11 is 0. The zero-order valence-electron chi connectivity index (χ0n) is 11.3. The van der Waals surface area contributed by atoms with E-state index in [2.05, 4.69) is 15.6 Å². The number of rotatable bonds is 4. The Morgan fingerprint density at radius 1 is 1.50 bits per heavy atom. The molecule has 2 N–H and O–H groups in total. The van der Waals surface area contributed by atoms with Crippen LogP contribution in [0.1, 0.15) is 5.76 Å². The van der Waals surface area contributed by atoms with E-state index in [4.69, 9.17) is 9.15 Å². The summed E-state index contributed by atoms with van der Waals surface area (Å²) < 4.78 is 33.6. The first kappa shape index (κ1) is 14.9. The summed E-state index contributed by atoms with van der Waals surface area (Å²) in [5, 5.41) is 6.12. The SMILES string of the molecule is CN=C(NCc1ccco1)NCC1CS(=O)(=O)CCO1. The van der Waals surface area contributed by atoms with Gasteiger partial charge in [0.2, 0.25) is 0 Å². The van der Waals surface area contributed by atoms with Crippen LogP contribution in [0.3, 0.4) is 0 Å². The zero-order valence-corrected chi connectivity index (χ0v) is 12.1. The quantitative estimate of drug-likeness (QED) is 0.589. The van der Waals surface area contributed by atoms with Gasteiger partial charge in [0.1, 0.15) is 5.76 Å². The van der Waals surface area contributed by atoms with E-state index in [1.165, 1.54) is 0 Å². The average molecular weight is 301 g/mol. The first-order valence-electron chi connectivity index (χ1n) is 6.38. The number of aliphatic imine (C=N–C) groups is 1. The number of nitrogens with zero attached hydrogens (tertiary/aromatic N) is 1. The summed E-state index contributed by atoms with van der Waals surface area (Å²) in [6, 6.07) is 3.67. The predicted molar refractivity (Wildman–Crippen MR) is 75.3 cm³/mol. The molecule has 7 nitrogen and oxygen atoms in total. The Morgan fingerprint density at radius 3 is 3.00 bits per heavy atom. The molecule has 8 heteroatoms. The Bertz CT molecular complexity index is 539. The van der Waals surface area contributed by atoms with Crippen LogP contribution in [0.4, 0.5) is 0 Å². The minimum absolute atomic E-state index is 0.0508. The van der Waals surface area contributed by atoms with Crippen molar-refractivity contribution in [1.82, 2.24) is 10.6 Å². The van der Waals surface area contributed by atoms with Gasteiger partial charge < -0.3 is 19.8 Å². The number of hydrogen-bond acceptors (Lipinski definition) is 5. The molecular formula is C12H19N3O4S. The highest BCUT2D eigenvalue weighted by molar-refractivity contribution is 7.91. The molecule has 0 radical (unpaired) electrons. The Balaban J connectivity index is 1.76. The Hall–Kier alpha value is -1.54. The van der Waals surface area contributed by atoms with Crippen LogP contribution in [0.25, 0.3) is 0 Å². The van der Waals surface area contributed by atoms with E-state index in [1.807, 2.05) is 12.1 Å². The van der Waals surface area contributed by atoms with Crippen molar-refractivity contribution in [3.05, 3.63) is 24.2 Å². The van der Waals surface area contributed by atoms with Gasteiger partial charge in [0.15, 0.2) is 15.8 Å². The third-order valence-corrected chi connectivity index (χ3v) is 4.59. The van der Waals surface area contributed by atoms with Crippen LogP contribution < -0.4 is 10.6 Å². The van der Waals surface area contributed by atoms with Crippen molar-refractivity contribution in [2.45, 2.75) is 12.6 Å². The normalized spacial score (nSPS) is 22.4. The van der Waals surface area contributed by atoms with Gasteiger partial charge in [0, 0.05) is 13.6 Å². The molecule has 2 rings (SSSR count). The molecule has 1 aromatic rings. The summed E-state index contributed by atoms with van der Waals surface area (Å²) in [7, 11) is -1.33. The van der Waals surface area contributed by atoms with E-state index in [1.54, 1.807) is 13.3 Å². The maximum atomic E-state index is 11.5. The van der Waals surface area contributed by atoms with Crippen LogP contribution in [-0.4, -0.2) is 52.2 Å². The third-order valence-electron chi connectivity index (χ3n) is 2.92. The summed E-state index contributed by atoms with van der Waals surface area (Å²) in [6.45, 7) is 1.17. The van der Waals surface area contributed by atoms with E-state index in [0.29, 0.717) is 19.0 Å². The lowest BCUT2D eigenvalue weighted by molar-refractivity contribution is 0.0747. The van der Waals surface area contributed by atoms with E-state index >= 15 is 0 Å². The topological polar surface area (TPSA) is 92.9 Å². The molecule has 0 amide bonds. The van der Waals surface area contributed by atoms with Crippen LogP contribution >= 0.6 is 0 Å². The number of nitrogens with one attached hydrogen (secondary N) is 2.